The fourth-order valence-electron chi connectivity index (χ4n) is 2.62. The van der Waals surface area contributed by atoms with Crippen molar-refractivity contribution < 1.29 is 14.9 Å². The van der Waals surface area contributed by atoms with Crippen molar-refractivity contribution in [3.05, 3.63) is 35.8 Å². The quantitative estimate of drug-likeness (QED) is 0.671. The minimum atomic E-state index is -0.931. The lowest BCUT2D eigenvalue weighted by molar-refractivity contribution is 0.146. The number of aliphatic hydroxyl groups is 2. The average molecular weight is 314 g/mol. The smallest absolute Gasteiger partial charge is 0.219 e. The van der Waals surface area contributed by atoms with E-state index >= 15 is 0 Å². The molecule has 6 N–H and O–H groups in total. The molecule has 2 aliphatic rings. The number of nitrogen functional groups attached to an aromatic ring is 2. The van der Waals surface area contributed by atoms with E-state index in [1.165, 1.54) is 6.20 Å². The topological polar surface area (TPSA) is 128 Å². The molecular weight excluding hydrogens is 296 g/mol. The Labute approximate surface area is 132 Å². The number of nitrogens with two attached hydrogens (primary N) is 2. The molecule has 120 valence electrons. The van der Waals surface area contributed by atoms with Crippen LogP contribution in [0.15, 0.2) is 24.4 Å². The number of pyridine rings is 2. The van der Waals surface area contributed by atoms with E-state index in [0.717, 1.165) is 0 Å². The maximum absolute atomic E-state index is 10.2. The third-order valence-electron chi connectivity index (χ3n) is 4.34. The van der Waals surface area contributed by atoms with Crippen molar-refractivity contribution >= 4 is 11.4 Å². The lowest BCUT2D eigenvalue weighted by atomic mass is 10.1. The van der Waals surface area contributed by atoms with E-state index in [0.29, 0.717) is 60.1 Å². The minimum absolute atomic E-state index is 0.314. The van der Waals surface area contributed by atoms with Gasteiger partial charge in [-0.25, -0.2) is 4.98 Å². The van der Waals surface area contributed by atoms with E-state index in [4.69, 9.17) is 16.2 Å². The molecule has 7 nitrogen and oxygen atoms in total. The van der Waals surface area contributed by atoms with Crippen LogP contribution in [0.2, 0.25) is 0 Å². The van der Waals surface area contributed by atoms with Crippen molar-refractivity contribution in [3.8, 4) is 11.6 Å². The van der Waals surface area contributed by atoms with Crippen molar-refractivity contribution in [3.63, 3.8) is 0 Å². The van der Waals surface area contributed by atoms with E-state index in [-0.39, 0.29) is 0 Å². The molecule has 2 aromatic rings. The van der Waals surface area contributed by atoms with Crippen LogP contribution in [0, 0.1) is 0 Å². The van der Waals surface area contributed by atoms with E-state index < -0.39 is 11.2 Å². The van der Waals surface area contributed by atoms with Crippen LogP contribution in [-0.2, 0) is 11.2 Å². The summed E-state index contributed by atoms with van der Waals surface area (Å²) in [6.07, 6.45) is 4.15. The summed E-state index contributed by atoms with van der Waals surface area (Å²) < 4.78 is 5.66. The maximum Gasteiger partial charge on any atom is 0.219 e. The molecule has 2 fully saturated rings. The molecule has 4 rings (SSSR count). The molecule has 0 atom stereocenters. The number of nitrogens with zero attached hydrogens (tertiary/aromatic N) is 2. The Morgan fingerprint density at radius 3 is 2.22 bits per heavy atom. The number of aromatic nitrogens is 2. The molecule has 0 amide bonds. The van der Waals surface area contributed by atoms with E-state index in [9.17, 15) is 10.2 Å². The zero-order chi connectivity index (χ0) is 16.2. The number of rotatable bonds is 4. The summed E-state index contributed by atoms with van der Waals surface area (Å²) in [5.74, 6) is 0.732. The van der Waals surface area contributed by atoms with Crippen LogP contribution in [0.4, 0.5) is 11.4 Å². The first kappa shape index (κ1) is 14.2. The molecular formula is C16H18N4O3. The van der Waals surface area contributed by atoms with Gasteiger partial charge in [-0.15, -0.1) is 0 Å². The highest BCUT2D eigenvalue weighted by atomic mass is 16.5. The molecule has 2 aliphatic carbocycles. The Kier molecular flexibility index (Phi) is 2.82. The predicted octanol–water partition coefficient (Wildman–Crippen LogP) is 1.40. The molecule has 2 heterocycles. The van der Waals surface area contributed by atoms with Crippen LogP contribution < -0.4 is 16.2 Å². The molecule has 0 aliphatic heterocycles. The van der Waals surface area contributed by atoms with E-state index in [2.05, 4.69) is 9.97 Å². The molecule has 2 saturated carbocycles. The fraction of sp³-hybridized carbons (Fsp3) is 0.375. The first-order valence-electron chi connectivity index (χ1n) is 7.55. The third-order valence-corrected chi connectivity index (χ3v) is 4.34. The van der Waals surface area contributed by atoms with Gasteiger partial charge in [0.1, 0.15) is 17.0 Å². The number of ether oxygens (including phenoxy) is 1. The van der Waals surface area contributed by atoms with Gasteiger partial charge < -0.3 is 26.4 Å². The zero-order valence-electron chi connectivity index (χ0n) is 12.5. The molecule has 7 heteroatoms. The van der Waals surface area contributed by atoms with Crippen LogP contribution in [0.1, 0.15) is 37.1 Å². The summed E-state index contributed by atoms with van der Waals surface area (Å²) in [6.45, 7) is 0. The first-order chi connectivity index (χ1) is 10.9. The minimum Gasteiger partial charge on any atom is -0.437 e. The van der Waals surface area contributed by atoms with Gasteiger partial charge in [-0.3, -0.25) is 4.98 Å². The summed E-state index contributed by atoms with van der Waals surface area (Å²) in [4.78, 5) is 8.51. The highest BCUT2D eigenvalue weighted by Gasteiger charge is 2.46. The van der Waals surface area contributed by atoms with E-state index in [1.54, 1.807) is 18.2 Å². The Hall–Kier alpha value is -2.38. The molecule has 0 spiro atoms. The van der Waals surface area contributed by atoms with E-state index in [1.807, 2.05) is 0 Å². The number of anilines is 2. The van der Waals surface area contributed by atoms with Crippen molar-refractivity contribution in [2.24, 2.45) is 0 Å². The molecule has 23 heavy (non-hydrogen) atoms. The van der Waals surface area contributed by atoms with Gasteiger partial charge in [-0.1, -0.05) is 0 Å². The molecule has 0 aromatic carbocycles. The molecule has 2 aromatic heterocycles. The molecule has 0 unspecified atom stereocenters. The molecule has 0 radical (unpaired) electrons. The van der Waals surface area contributed by atoms with Crippen LogP contribution in [0.5, 0.6) is 11.6 Å². The Bertz CT molecular complexity index is 785. The van der Waals surface area contributed by atoms with Crippen LogP contribution >= 0.6 is 0 Å². The normalized spacial score (nSPS) is 20.1. The van der Waals surface area contributed by atoms with Gasteiger partial charge in [0.15, 0.2) is 0 Å². The summed E-state index contributed by atoms with van der Waals surface area (Å²) in [5, 5.41) is 20.3. The maximum atomic E-state index is 10.2. The van der Waals surface area contributed by atoms with Crippen LogP contribution in [0.25, 0.3) is 0 Å². The fourth-order valence-corrected chi connectivity index (χ4v) is 2.62. The van der Waals surface area contributed by atoms with Crippen molar-refractivity contribution in [1.82, 2.24) is 9.97 Å². The highest BCUT2D eigenvalue weighted by Crippen LogP contribution is 2.48. The Morgan fingerprint density at radius 2 is 1.61 bits per heavy atom. The molecule has 0 bridgehead atoms. The number of hydrogen-bond donors (Lipinski definition) is 4. The van der Waals surface area contributed by atoms with Gasteiger partial charge in [-0.05, 0) is 31.7 Å². The van der Waals surface area contributed by atoms with Gasteiger partial charge in [0.2, 0.25) is 5.88 Å². The van der Waals surface area contributed by atoms with Gasteiger partial charge >= 0.3 is 0 Å². The summed E-state index contributed by atoms with van der Waals surface area (Å²) in [5.41, 5.74) is 11.8. The lowest BCUT2D eigenvalue weighted by Crippen LogP contribution is -2.12. The van der Waals surface area contributed by atoms with Crippen molar-refractivity contribution in [2.75, 3.05) is 11.5 Å². The molecule has 0 saturated heterocycles. The van der Waals surface area contributed by atoms with Crippen molar-refractivity contribution in [2.45, 2.75) is 36.9 Å². The highest BCUT2D eigenvalue weighted by molar-refractivity contribution is 5.52. The monoisotopic (exact) mass is 314 g/mol. The van der Waals surface area contributed by atoms with Gasteiger partial charge in [-0.2, -0.15) is 0 Å². The number of hydrogen-bond acceptors (Lipinski definition) is 7. The summed E-state index contributed by atoms with van der Waals surface area (Å²) >= 11 is 0. The zero-order valence-corrected chi connectivity index (χ0v) is 12.5. The third kappa shape index (κ3) is 2.47. The largest absolute Gasteiger partial charge is 0.437 e. The van der Waals surface area contributed by atoms with Gasteiger partial charge in [0.25, 0.3) is 0 Å². The Balaban J connectivity index is 1.60. The first-order valence-corrected chi connectivity index (χ1v) is 7.55. The lowest BCUT2D eigenvalue weighted by Gasteiger charge is -2.14. The van der Waals surface area contributed by atoms with Crippen molar-refractivity contribution in [1.29, 1.82) is 0 Å². The standard InChI is InChI=1S/C16H18N4O3/c17-10-1-2-12(20-14(10)16(22)5-6-16)23-9-7-11(18)13(19-8-9)15(21)3-4-15/h1-2,7-8,21-22H,3-6,17-18H2. The SMILES string of the molecule is Nc1cc(Oc2ccc(N)c(C3(O)CC3)n2)cnc1C1(O)CC1. The van der Waals surface area contributed by atoms with Gasteiger partial charge in [0, 0.05) is 12.1 Å². The predicted molar refractivity (Wildman–Crippen MR) is 83.6 cm³/mol. The van der Waals surface area contributed by atoms with Gasteiger partial charge in [0.05, 0.1) is 29.0 Å². The second-order valence-electron chi connectivity index (χ2n) is 6.36. The summed E-state index contributed by atoms with van der Waals surface area (Å²) in [7, 11) is 0. The van der Waals surface area contributed by atoms with Crippen LogP contribution in [-0.4, -0.2) is 20.2 Å². The van der Waals surface area contributed by atoms with Crippen LogP contribution in [0.3, 0.4) is 0 Å². The second kappa shape index (κ2) is 4.56. The second-order valence-corrected chi connectivity index (χ2v) is 6.36. The summed E-state index contributed by atoms with van der Waals surface area (Å²) in [6, 6.07) is 4.90. The average Bonchev–Trinajstić information content (AvgIpc) is 3.42. The Morgan fingerprint density at radius 1 is 0.957 bits per heavy atom.